The summed E-state index contributed by atoms with van der Waals surface area (Å²) in [5.41, 5.74) is 1.50. The van der Waals surface area contributed by atoms with Crippen LogP contribution in [0.25, 0.3) is 0 Å². The van der Waals surface area contributed by atoms with Crippen LogP contribution in [0.1, 0.15) is 30.1 Å². The summed E-state index contributed by atoms with van der Waals surface area (Å²) in [6.07, 6.45) is 5.31. The monoisotopic (exact) mass is 299 g/mol. The number of carbonyl (C=O) groups is 2. The third kappa shape index (κ3) is 4.97. The van der Waals surface area contributed by atoms with Crippen LogP contribution in [-0.4, -0.2) is 27.0 Å². The van der Waals surface area contributed by atoms with Gasteiger partial charge in [-0.25, -0.2) is 0 Å². The van der Waals surface area contributed by atoms with E-state index in [9.17, 15) is 9.59 Å². The highest BCUT2D eigenvalue weighted by atomic mass is 16.4. The lowest BCUT2D eigenvalue weighted by Crippen LogP contribution is -2.30. The van der Waals surface area contributed by atoms with Crippen LogP contribution in [0.5, 0.6) is 0 Å². The molecular formula is C16H17N3O3. The van der Waals surface area contributed by atoms with Crippen LogP contribution < -0.4 is 5.32 Å². The molecule has 0 aliphatic rings. The summed E-state index contributed by atoms with van der Waals surface area (Å²) in [5.74, 6) is -1.16. The van der Waals surface area contributed by atoms with Crippen molar-refractivity contribution in [1.82, 2.24) is 15.3 Å². The minimum atomic E-state index is -0.955. The molecule has 1 atom stereocenters. The summed E-state index contributed by atoms with van der Waals surface area (Å²) >= 11 is 0. The third-order valence-electron chi connectivity index (χ3n) is 3.14. The van der Waals surface area contributed by atoms with Crippen LogP contribution in [0.4, 0.5) is 0 Å². The number of carboxylic acid groups (broad SMARTS) is 1. The molecule has 2 rings (SSSR count). The molecule has 0 radical (unpaired) electrons. The Hall–Kier alpha value is -2.76. The van der Waals surface area contributed by atoms with Gasteiger partial charge in [0.25, 0.3) is 0 Å². The number of nitrogens with one attached hydrogen (secondary N) is 1. The molecule has 114 valence electrons. The summed E-state index contributed by atoms with van der Waals surface area (Å²) in [7, 11) is 0. The molecule has 0 aliphatic carbocycles. The Labute approximate surface area is 128 Å². The van der Waals surface area contributed by atoms with Gasteiger partial charge in [0.05, 0.1) is 18.2 Å². The second-order valence-electron chi connectivity index (χ2n) is 4.83. The average Bonchev–Trinajstić information content (AvgIpc) is 2.54. The molecule has 1 heterocycles. The first kappa shape index (κ1) is 15.6. The molecule has 0 aliphatic heterocycles. The molecule has 22 heavy (non-hydrogen) atoms. The van der Waals surface area contributed by atoms with Gasteiger partial charge in [-0.05, 0) is 12.0 Å². The maximum absolute atomic E-state index is 12.0. The lowest BCUT2D eigenvalue weighted by Gasteiger charge is -2.17. The average molecular weight is 299 g/mol. The van der Waals surface area contributed by atoms with E-state index in [4.69, 9.17) is 5.11 Å². The maximum atomic E-state index is 12.0. The van der Waals surface area contributed by atoms with Crippen molar-refractivity contribution in [3.05, 3.63) is 60.2 Å². The molecule has 0 fully saturated rings. The number of amides is 1. The van der Waals surface area contributed by atoms with E-state index in [1.165, 1.54) is 0 Å². The van der Waals surface area contributed by atoms with Gasteiger partial charge in [-0.3, -0.25) is 19.6 Å². The van der Waals surface area contributed by atoms with Crippen molar-refractivity contribution in [3.8, 4) is 0 Å². The zero-order valence-electron chi connectivity index (χ0n) is 12.0. The Morgan fingerprint density at radius 2 is 1.95 bits per heavy atom. The van der Waals surface area contributed by atoms with Crippen molar-refractivity contribution >= 4 is 11.9 Å². The van der Waals surface area contributed by atoms with Crippen LogP contribution in [0, 0.1) is 0 Å². The topological polar surface area (TPSA) is 92.2 Å². The number of carbonyl (C=O) groups excluding carboxylic acids is 1. The van der Waals surface area contributed by atoms with E-state index in [0.717, 1.165) is 11.3 Å². The number of hydrogen-bond donors (Lipinski definition) is 2. The van der Waals surface area contributed by atoms with Gasteiger partial charge in [0, 0.05) is 25.0 Å². The van der Waals surface area contributed by atoms with E-state index >= 15 is 0 Å². The smallest absolute Gasteiger partial charge is 0.305 e. The van der Waals surface area contributed by atoms with Crippen LogP contribution in [0.3, 0.4) is 0 Å². The first-order chi connectivity index (χ1) is 10.6. The van der Waals surface area contributed by atoms with E-state index in [2.05, 4.69) is 15.3 Å². The van der Waals surface area contributed by atoms with Gasteiger partial charge < -0.3 is 10.4 Å². The van der Waals surface area contributed by atoms with Crippen LogP contribution in [0.15, 0.2) is 48.9 Å². The predicted molar refractivity (Wildman–Crippen MR) is 79.9 cm³/mol. The first-order valence-electron chi connectivity index (χ1n) is 6.96. The summed E-state index contributed by atoms with van der Waals surface area (Å²) < 4.78 is 0. The second kappa shape index (κ2) is 7.87. The van der Waals surface area contributed by atoms with Crippen LogP contribution in [-0.2, 0) is 16.0 Å². The highest BCUT2D eigenvalue weighted by molar-refractivity contribution is 5.78. The molecular weight excluding hydrogens is 282 g/mol. The fourth-order valence-corrected chi connectivity index (χ4v) is 2.08. The molecule has 6 heteroatoms. The largest absolute Gasteiger partial charge is 0.481 e. The summed E-state index contributed by atoms with van der Waals surface area (Å²) in [6, 6.07) is 8.55. The standard InChI is InChI=1S/C16H17N3O3/c20-15(7-6-13-11-17-8-9-18-13)19-14(10-16(21)22)12-4-2-1-3-5-12/h1-5,8-9,11,14H,6-7,10H2,(H,19,20)(H,21,22). The number of aliphatic carboxylic acids is 1. The lowest BCUT2D eigenvalue weighted by molar-refractivity contribution is -0.137. The van der Waals surface area contributed by atoms with Crippen molar-refractivity contribution in [2.24, 2.45) is 0 Å². The van der Waals surface area contributed by atoms with E-state index in [1.807, 2.05) is 18.2 Å². The number of aryl methyl sites for hydroxylation is 1. The SMILES string of the molecule is O=C(O)CC(NC(=O)CCc1cnccn1)c1ccccc1. The molecule has 0 saturated heterocycles. The molecule has 1 aromatic heterocycles. The van der Waals surface area contributed by atoms with Gasteiger partial charge in [-0.15, -0.1) is 0 Å². The third-order valence-corrected chi connectivity index (χ3v) is 3.14. The van der Waals surface area contributed by atoms with Crippen LogP contribution >= 0.6 is 0 Å². The maximum Gasteiger partial charge on any atom is 0.305 e. The number of benzene rings is 1. The van der Waals surface area contributed by atoms with Crippen LogP contribution in [0.2, 0.25) is 0 Å². The van der Waals surface area contributed by atoms with Gasteiger partial charge in [0.15, 0.2) is 0 Å². The quantitative estimate of drug-likeness (QED) is 0.812. The first-order valence-corrected chi connectivity index (χ1v) is 6.96. The van der Waals surface area contributed by atoms with Crippen molar-refractivity contribution in [3.63, 3.8) is 0 Å². The normalized spacial score (nSPS) is 11.6. The molecule has 0 saturated carbocycles. The van der Waals surface area contributed by atoms with Crippen molar-refractivity contribution in [1.29, 1.82) is 0 Å². The minimum Gasteiger partial charge on any atom is -0.481 e. The fourth-order valence-electron chi connectivity index (χ4n) is 2.08. The van der Waals surface area contributed by atoms with Gasteiger partial charge in [-0.2, -0.15) is 0 Å². The Bertz CT molecular complexity index is 617. The zero-order valence-corrected chi connectivity index (χ0v) is 12.0. The molecule has 2 N–H and O–H groups in total. The zero-order chi connectivity index (χ0) is 15.8. The van der Waals surface area contributed by atoms with Crippen molar-refractivity contribution in [2.45, 2.75) is 25.3 Å². The van der Waals surface area contributed by atoms with E-state index in [-0.39, 0.29) is 18.7 Å². The van der Waals surface area contributed by atoms with Gasteiger partial charge in [0.2, 0.25) is 5.91 Å². The Morgan fingerprint density at radius 1 is 1.18 bits per heavy atom. The molecule has 1 aromatic carbocycles. The summed E-state index contributed by atoms with van der Waals surface area (Å²) in [6.45, 7) is 0. The highest BCUT2D eigenvalue weighted by Gasteiger charge is 2.17. The van der Waals surface area contributed by atoms with E-state index in [1.54, 1.807) is 30.7 Å². The van der Waals surface area contributed by atoms with Crippen molar-refractivity contribution in [2.75, 3.05) is 0 Å². The number of carboxylic acids is 1. The van der Waals surface area contributed by atoms with Gasteiger partial charge >= 0.3 is 5.97 Å². The van der Waals surface area contributed by atoms with Gasteiger partial charge in [0.1, 0.15) is 0 Å². The lowest BCUT2D eigenvalue weighted by atomic mass is 10.0. The molecule has 6 nitrogen and oxygen atoms in total. The second-order valence-corrected chi connectivity index (χ2v) is 4.83. The fraction of sp³-hybridized carbons (Fsp3) is 0.250. The number of aromatic nitrogens is 2. The Balaban J connectivity index is 1.95. The number of nitrogens with zero attached hydrogens (tertiary/aromatic N) is 2. The Kier molecular flexibility index (Phi) is 5.59. The number of hydrogen-bond acceptors (Lipinski definition) is 4. The van der Waals surface area contributed by atoms with Crippen molar-refractivity contribution < 1.29 is 14.7 Å². The molecule has 0 spiro atoms. The summed E-state index contributed by atoms with van der Waals surface area (Å²) in [5, 5.41) is 11.8. The summed E-state index contributed by atoms with van der Waals surface area (Å²) in [4.78, 5) is 31.0. The van der Waals surface area contributed by atoms with Gasteiger partial charge in [-0.1, -0.05) is 30.3 Å². The predicted octanol–water partition coefficient (Wildman–Crippen LogP) is 1.74. The Morgan fingerprint density at radius 3 is 2.59 bits per heavy atom. The number of rotatable bonds is 7. The van der Waals surface area contributed by atoms with E-state index < -0.39 is 12.0 Å². The molecule has 1 unspecified atom stereocenters. The highest BCUT2D eigenvalue weighted by Crippen LogP contribution is 2.16. The minimum absolute atomic E-state index is 0.152. The molecule has 0 bridgehead atoms. The van der Waals surface area contributed by atoms with E-state index in [0.29, 0.717) is 6.42 Å². The molecule has 2 aromatic rings. The molecule has 1 amide bonds.